The van der Waals surface area contributed by atoms with E-state index in [-0.39, 0.29) is 11.7 Å². The number of hydrogen-bond donors (Lipinski definition) is 0. The molecule has 0 bridgehead atoms. The standard InChI is InChI=1S/C19H20N2O3S/c1-25-17-14(12-20)18(22)21-11-7-6-10-15(21)16(17)19(23)24-13-8-4-2-3-5-9-13/h6-7,10-11,13H,2-5,8-9H2,1H3. The Morgan fingerprint density at radius 2 is 2.00 bits per heavy atom. The van der Waals surface area contributed by atoms with Crippen LogP contribution in [0.15, 0.2) is 34.1 Å². The molecule has 6 heteroatoms. The molecule has 2 aromatic rings. The van der Waals surface area contributed by atoms with Gasteiger partial charge in [-0.25, -0.2) is 4.79 Å². The maximum absolute atomic E-state index is 12.9. The fraction of sp³-hybridized carbons (Fsp3) is 0.421. The molecule has 2 heterocycles. The van der Waals surface area contributed by atoms with Crippen molar-refractivity contribution in [1.82, 2.24) is 4.40 Å². The number of hydrogen-bond acceptors (Lipinski definition) is 5. The molecule has 1 aliphatic carbocycles. The maximum Gasteiger partial charge on any atom is 0.341 e. The molecule has 0 saturated heterocycles. The van der Waals surface area contributed by atoms with Crippen LogP contribution >= 0.6 is 11.8 Å². The Kier molecular flexibility index (Phi) is 5.44. The van der Waals surface area contributed by atoms with E-state index in [4.69, 9.17) is 4.74 Å². The molecule has 0 N–H and O–H groups in total. The van der Waals surface area contributed by atoms with Crippen LogP contribution in [0.25, 0.3) is 5.52 Å². The predicted octanol–water partition coefficient (Wildman–Crippen LogP) is 3.77. The van der Waals surface area contributed by atoms with Crippen molar-refractivity contribution < 1.29 is 9.53 Å². The van der Waals surface area contributed by atoms with Gasteiger partial charge in [-0.3, -0.25) is 9.20 Å². The monoisotopic (exact) mass is 356 g/mol. The highest BCUT2D eigenvalue weighted by Crippen LogP contribution is 2.29. The molecule has 0 aliphatic heterocycles. The first-order chi connectivity index (χ1) is 12.2. The number of pyridine rings is 2. The lowest BCUT2D eigenvalue weighted by atomic mass is 10.1. The third kappa shape index (κ3) is 3.42. The quantitative estimate of drug-likeness (QED) is 0.475. The zero-order valence-corrected chi connectivity index (χ0v) is 15.0. The molecule has 0 radical (unpaired) electrons. The van der Waals surface area contributed by atoms with Crippen LogP contribution in [0, 0.1) is 11.3 Å². The molecule has 3 rings (SSSR count). The van der Waals surface area contributed by atoms with Gasteiger partial charge in [-0.05, 0) is 44.1 Å². The van der Waals surface area contributed by atoms with E-state index >= 15 is 0 Å². The summed E-state index contributed by atoms with van der Waals surface area (Å²) in [5.41, 5.74) is 0.375. The van der Waals surface area contributed by atoms with E-state index in [0.717, 1.165) is 25.7 Å². The molecule has 0 spiro atoms. The molecule has 130 valence electrons. The Hall–Kier alpha value is -2.26. The van der Waals surface area contributed by atoms with Crippen LogP contribution in [-0.2, 0) is 4.74 Å². The van der Waals surface area contributed by atoms with Crippen LogP contribution in [0.2, 0.25) is 0 Å². The molecule has 25 heavy (non-hydrogen) atoms. The van der Waals surface area contributed by atoms with E-state index in [9.17, 15) is 14.9 Å². The third-order valence-corrected chi connectivity index (χ3v) is 5.42. The van der Waals surface area contributed by atoms with Crippen LogP contribution in [0.4, 0.5) is 0 Å². The van der Waals surface area contributed by atoms with Crippen molar-refractivity contribution >= 4 is 23.2 Å². The van der Waals surface area contributed by atoms with Gasteiger partial charge in [0.15, 0.2) is 0 Å². The van der Waals surface area contributed by atoms with Crippen molar-refractivity contribution in [3.63, 3.8) is 0 Å². The number of thioether (sulfide) groups is 1. The van der Waals surface area contributed by atoms with Gasteiger partial charge in [0.25, 0.3) is 5.56 Å². The molecule has 1 aliphatic rings. The summed E-state index contributed by atoms with van der Waals surface area (Å²) in [6.45, 7) is 0. The summed E-state index contributed by atoms with van der Waals surface area (Å²) >= 11 is 1.23. The van der Waals surface area contributed by atoms with Gasteiger partial charge in [-0.15, -0.1) is 11.8 Å². The highest BCUT2D eigenvalue weighted by molar-refractivity contribution is 7.98. The molecule has 5 nitrogen and oxygen atoms in total. The molecule has 0 unspecified atom stereocenters. The minimum Gasteiger partial charge on any atom is -0.459 e. The molecule has 1 fully saturated rings. The normalized spacial score (nSPS) is 15.5. The smallest absolute Gasteiger partial charge is 0.341 e. The Morgan fingerprint density at radius 3 is 2.64 bits per heavy atom. The Morgan fingerprint density at radius 1 is 1.28 bits per heavy atom. The van der Waals surface area contributed by atoms with E-state index in [0.29, 0.717) is 16.0 Å². The van der Waals surface area contributed by atoms with Gasteiger partial charge in [0.2, 0.25) is 0 Å². The lowest BCUT2D eigenvalue weighted by molar-refractivity contribution is 0.0265. The fourth-order valence-electron chi connectivity index (χ4n) is 3.35. The van der Waals surface area contributed by atoms with Gasteiger partial charge < -0.3 is 4.74 Å². The van der Waals surface area contributed by atoms with Crippen molar-refractivity contribution in [2.45, 2.75) is 49.5 Å². The lowest BCUT2D eigenvalue weighted by Crippen LogP contribution is -2.24. The number of nitriles is 1. The number of carbonyl (C=O) groups is 1. The Labute approximate surface area is 150 Å². The number of fused-ring (bicyclic) bond motifs is 1. The predicted molar refractivity (Wildman–Crippen MR) is 97.1 cm³/mol. The van der Waals surface area contributed by atoms with Gasteiger partial charge >= 0.3 is 5.97 Å². The number of esters is 1. The molecule has 0 amide bonds. The second kappa shape index (κ2) is 7.75. The van der Waals surface area contributed by atoms with Crippen LogP contribution in [0.5, 0.6) is 0 Å². The maximum atomic E-state index is 12.9. The first kappa shape index (κ1) is 17.6. The number of nitrogens with zero attached hydrogens (tertiary/aromatic N) is 2. The SMILES string of the molecule is CSc1c(C#N)c(=O)n2ccccc2c1C(=O)OC1CCCCCC1. The molecular formula is C19H20N2O3S. The van der Waals surface area contributed by atoms with Crippen molar-refractivity contribution in [2.75, 3.05) is 6.26 Å². The van der Waals surface area contributed by atoms with E-state index in [1.54, 1.807) is 30.7 Å². The number of carbonyl (C=O) groups excluding carboxylic acids is 1. The highest BCUT2D eigenvalue weighted by atomic mass is 32.2. The largest absolute Gasteiger partial charge is 0.459 e. The molecule has 1 saturated carbocycles. The zero-order valence-electron chi connectivity index (χ0n) is 14.2. The van der Waals surface area contributed by atoms with Crippen molar-refractivity contribution in [2.24, 2.45) is 0 Å². The lowest BCUT2D eigenvalue weighted by Gasteiger charge is -2.18. The first-order valence-corrected chi connectivity index (χ1v) is 9.72. The number of aromatic nitrogens is 1. The molecule has 0 aromatic carbocycles. The third-order valence-electron chi connectivity index (χ3n) is 4.60. The van der Waals surface area contributed by atoms with Crippen LogP contribution in [0.3, 0.4) is 0 Å². The molecule has 0 atom stereocenters. The first-order valence-electron chi connectivity index (χ1n) is 8.49. The van der Waals surface area contributed by atoms with Gasteiger partial charge in [0.1, 0.15) is 17.7 Å². The van der Waals surface area contributed by atoms with Gasteiger partial charge in [-0.2, -0.15) is 5.26 Å². The summed E-state index contributed by atoms with van der Waals surface area (Å²) in [6, 6.07) is 7.14. The average molecular weight is 356 g/mol. The number of ether oxygens (including phenoxy) is 1. The Bertz CT molecular complexity index is 890. The summed E-state index contributed by atoms with van der Waals surface area (Å²) in [5.74, 6) is -0.448. The van der Waals surface area contributed by atoms with Crippen LogP contribution in [0.1, 0.15) is 54.4 Å². The highest BCUT2D eigenvalue weighted by Gasteiger charge is 2.26. The van der Waals surface area contributed by atoms with E-state index in [1.807, 2.05) is 6.07 Å². The van der Waals surface area contributed by atoms with Crippen molar-refractivity contribution in [3.05, 3.63) is 45.9 Å². The topological polar surface area (TPSA) is 71.6 Å². The minimum atomic E-state index is -0.448. The van der Waals surface area contributed by atoms with Crippen molar-refractivity contribution in [1.29, 1.82) is 5.26 Å². The second-order valence-corrected chi connectivity index (χ2v) is 6.99. The zero-order chi connectivity index (χ0) is 17.8. The summed E-state index contributed by atoms with van der Waals surface area (Å²) in [6.07, 6.45) is 9.46. The van der Waals surface area contributed by atoms with Crippen molar-refractivity contribution in [3.8, 4) is 6.07 Å². The van der Waals surface area contributed by atoms with Crippen LogP contribution in [-0.4, -0.2) is 22.7 Å². The number of rotatable bonds is 3. The summed E-state index contributed by atoms with van der Waals surface area (Å²) < 4.78 is 7.12. The van der Waals surface area contributed by atoms with E-state index < -0.39 is 11.5 Å². The van der Waals surface area contributed by atoms with E-state index in [1.165, 1.54) is 29.0 Å². The summed E-state index contributed by atoms with van der Waals surface area (Å²) in [4.78, 5) is 25.9. The molecule has 2 aromatic heterocycles. The average Bonchev–Trinajstić information content (AvgIpc) is 2.90. The summed E-state index contributed by atoms with van der Waals surface area (Å²) in [7, 11) is 0. The summed E-state index contributed by atoms with van der Waals surface area (Å²) in [5, 5.41) is 9.43. The van der Waals surface area contributed by atoms with Gasteiger partial charge in [0, 0.05) is 11.1 Å². The van der Waals surface area contributed by atoms with Gasteiger partial charge in [-0.1, -0.05) is 18.9 Å². The fourth-order valence-corrected chi connectivity index (χ4v) is 4.08. The van der Waals surface area contributed by atoms with Crippen LogP contribution < -0.4 is 5.56 Å². The molecular weight excluding hydrogens is 336 g/mol. The Balaban J connectivity index is 2.10. The second-order valence-electron chi connectivity index (χ2n) is 6.17. The van der Waals surface area contributed by atoms with E-state index in [2.05, 4.69) is 0 Å². The minimum absolute atomic E-state index is 0.0102. The van der Waals surface area contributed by atoms with Gasteiger partial charge in [0.05, 0.1) is 11.1 Å².